The van der Waals surface area contributed by atoms with E-state index in [0.717, 1.165) is 61.6 Å². The van der Waals surface area contributed by atoms with E-state index in [4.69, 9.17) is 57.8 Å². The van der Waals surface area contributed by atoms with Crippen molar-refractivity contribution in [2.45, 2.75) is 151 Å². The number of nitrogens with two attached hydrogens (primary N) is 1. The maximum atomic E-state index is 13.6. The number of amides is 1. The highest BCUT2D eigenvalue weighted by atomic mass is 32.2. The van der Waals surface area contributed by atoms with Crippen LogP contribution in [0.2, 0.25) is 0 Å². The number of piperazine rings is 2. The number of alkyl carbamates (subject to hydrolysis) is 1. The van der Waals surface area contributed by atoms with Crippen LogP contribution >= 0.6 is 23.5 Å². The highest BCUT2D eigenvalue weighted by Gasteiger charge is 2.63. The van der Waals surface area contributed by atoms with Gasteiger partial charge >= 0.3 is 30.0 Å². The summed E-state index contributed by atoms with van der Waals surface area (Å²) in [5.74, 6) is 2.67. The van der Waals surface area contributed by atoms with Crippen LogP contribution in [-0.4, -0.2) is 171 Å². The summed E-state index contributed by atoms with van der Waals surface area (Å²) in [6.07, 6.45) is 1.98. The molecule has 0 aliphatic carbocycles. The molecule has 1 amide bonds. The van der Waals surface area contributed by atoms with Crippen LogP contribution in [0.15, 0.2) is 24.8 Å². The average molecular weight is 1330 g/mol. The van der Waals surface area contributed by atoms with Gasteiger partial charge in [-0.15, -0.1) is 23.5 Å². The van der Waals surface area contributed by atoms with E-state index in [2.05, 4.69) is 90.6 Å². The lowest BCUT2D eigenvalue weighted by Gasteiger charge is -2.62. The minimum Gasteiger partial charge on any atom is -0.496 e. The number of carbonyl (C=O) groups is 5. The number of esters is 4. The summed E-state index contributed by atoms with van der Waals surface area (Å²) in [6, 6.07) is 3.93. The SMILES string of the molecule is C=CCOC(=O)NC1CS[C@@H]2c3c(OC(C)=O)c(C)c4c(c3[C@H](COC1=O)N1C2[C@H]2c3c(cc(C)c(OC)c3C)C[C@@H]([C@@H]1C#N)N2C)OCO4.COc1c(C)cc2c(c1C)[C@@H]1C3[C@@H]4SCC(N)C(=O)OC[C@@H](c5c6c(c(C)c(OC(C)=O)c54)OCO6)N3[C@@H](C#N)[C@H](C2)N1C. The number of thioether (sulfide) groups is 2. The maximum absolute atomic E-state index is 13.6. The largest absolute Gasteiger partial charge is 0.496 e. The molecule has 11 aliphatic heterocycles. The Morgan fingerprint density at radius 1 is 0.638 bits per heavy atom. The summed E-state index contributed by atoms with van der Waals surface area (Å²) in [5, 5.41) is 23.7. The van der Waals surface area contributed by atoms with Gasteiger partial charge in [0.1, 0.15) is 67.0 Å². The number of fused-ring (bicyclic) bond motifs is 19. The molecule has 4 unspecified atom stereocenters. The van der Waals surface area contributed by atoms with Gasteiger partial charge in [0, 0.05) is 82.9 Å². The first-order valence-corrected chi connectivity index (χ1v) is 33.5. The van der Waals surface area contributed by atoms with Crippen LogP contribution in [0.4, 0.5) is 4.79 Å². The Bertz CT molecular complexity index is 3980. The van der Waals surface area contributed by atoms with E-state index in [-0.39, 0.29) is 80.4 Å². The third kappa shape index (κ3) is 10.1. The molecule has 4 fully saturated rings. The fourth-order valence-electron chi connectivity index (χ4n) is 17.0. The monoisotopic (exact) mass is 1320 g/mol. The van der Waals surface area contributed by atoms with Crippen LogP contribution in [0.3, 0.4) is 0 Å². The number of ether oxygens (including phenoxy) is 11. The van der Waals surface area contributed by atoms with E-state index in [0.29, 0.717) is 64.0 Å². The Hall–Kier alpha value is -7.95. The zero-order valence-corrected chi connectivity index (χ0v) is 56.1. The molecule has 8 bridgehead atoms. The Balaban J connectivity index is 0.000000172. The smallest absolute Gasteiger partial charge is 0.408 e. The van der Waals surface area contributed by atoms with Crippen molar-refractivity contribution < 1.29 is 76.1 Å². The number of carbonyl (C=O) groups excluding carboxylic acids is 5. The highest BCUT2D eigenvalue weighted by molar-refractivity contribution is 7.99. The van der Waals surface area contributed by atoms with Crippen molar-refractivity contribution in [3.8, 4) is 58.1 Å². The first-order valence-electron chi connectivity index (χ1n) is 31.4. The first kappa shape index (κ1) is 64.7. The van der Waals surface area contributed by atoms with E-state index < -0.39 is 77.5 Å². The third-order valence-electron chi connectivity index (χ3n) is 20.5. The molecule has 0 saturated carbocycles. The first-order chi connectivity index (χ1) is 45.1. The quantitative estimate of drug-likeness (QED) is 0.0795. The van der Waals surface area contributed by atoms with Gasteiger partial charge in [-0.3, -0.25) is 34.0 Å². The number of nitriles is 2. The van der Waals surface area contributed by atoms with E-state index in [1.165, 1.54) is 54.6 Å². The zero-order chi connectivity index (χ0) is 66.8. The van der Waals surface area contributed by atoms with E-state index in [1.54, 1.807) is 14.2 Å². The van der Waals surface area contributed by atoms with Gasteiger partial charge in [-0.05, 0) is 113 Å². The average Bonchev–Trinajstić information content (AvgIpc) is 0.883. The van der Waals surface area contributed by atoms with Crippen LogP contribution in [-0.2, 0) is 46.2 Å². The van der Waals surface area contributed by atoms with Crippen LogP contribution in [0, 0.1) is 64.2 Å². The number of hydrogen-bond acceptors (Lipinski definition) is 25. The molecule has 11 heterocycles. The Labute approximate surface area is 553 Å². The molecule has 11 aliphatic rings. The summed E-state index contributed by atoms with van der Waals surface area (Å²) in [5.41, 5.74) is 19.4. The van der Waals surface area contributed by atoms with Crippen molar-refractivity contribution in [1.82, 2.24) is 24.9 Å². The van der Waals surface area contributed by atoms with Gasteiger partial charge in [0.15, 0.2) is 23.0 Å². The molecule has 4 aromatic carbocycles. The van der Waals surface area contributed by atoms with Crippen molar-refractivity contribution in [2.24, 2.45) is 5.73 Å². The molecule has 14 atom stereocenters. The maximum Gasteiger partial charge on any atom is 0.408 e. The topological polar surface area (TPSA) is 285 Å². The van der Waals surface area contributed by atoms with Gasteiger partial charge in [0.25, 0.3) is 0 Å². The predicted octanol–water partition coefficient (Wildman–Crippen LogP) is 7.28. The van der Waals surface area contributed by atoms with Crippen molar-refractivity contribution in [3.05, 3.63) is 103 Å². The van der Waals surface area contributed by atoms with E-state index in [1.807, 2.05) is 20.8 Å². The second-order valence-corrected chi connectivity index (χ2v) is 27.9. The summed E-state index contributed by atoms with van der Waals surface area (Å²) in [4.78, 5) is 73.7. The lowest BCUT2D eigenvalue weighted by molar-refractivity contribution is -0.151. The van der Waals surface area contributed by atoms with Gasteiger partial charge in [0.2, 0.25) is 13.6 Å². The molecule has 0 aromatic heterocycles. The number of cyclic esters (lactones) is 1. The van der Waals surface area contributed by atoms with Gasteiger partial charge < -0.3 is 63.2 Å². The van der Waals surface area contributed by atoms with Gasteiger partial charge in [-0.1, -0.05) is 24.8 Å². The third-order valence-corrected chi connectivity index (χ3v) is 23.3. The number of benzene rings is 4. The molecule has 4 aromatic rings. The molecule has 0 spiro atoms. The summed E-state index contributed by atoms with van der Waals surface area (Å²) >= 11 is 2.95. The minimum absolute atomic E-state index is 0.00609. The fourth-order valence-corrected chi connectivity index (χ4v) is 20.0. The molecule has 4 saturated heterocycles. The number of nitrogens with one attached hydrogen (secondary N) is 1. The Morgan fingerprint density at radius 3 is 1.50 bits per heavy atom. The molecular formula is C68H76N8O16S2. The number of aryl methyl sites for hydroxylation is 2. The molecule has 24 nitrogen and oxygen atoms in total. The lowest BCUT2D eigenvalue weighted by Crippen LogP contribution is -2.69. The number of hydrogen-bond donors (Lipinski definition) is 2. The van der Waals surface area contributed by atoms with E-state index >= 15 is 0 Å². The van der Waals surface area contributed by atoms with Crippen molar-refractivity contribution in [3.63, 3.8) is 0 Å². The van der Waals surface area contributed by atoms with Gasteiger partial charge in [-0.25, -0.2) is 9.59 Å². The van der Waals surface area contributed by atoms with Crippen LogP contribution < -0.4 is 48.9 Å². The second-order valence-electron chi connectivity index (χ2n) is 25.5. The molecule has 94 heavy (non-hydrogen) atoms. The normalized spacial score (nSPS) is 29.1. The Kier molecular flexibility index (Phi) is 17.2. The number of rotatable bonds is 7. The van der Waals surface area contributed by atoms with Crippen molar-refractivity contribution >= 4 is 53.5 Å². The van der Waals surface area contributed by atoms with E-state index in [9.17, 15) is 34.5 Å². The summed E-state index contributed by atoms with van der Waals surface area (Å²) in [6.45, 7) is 18.0. The Morgan fingerprint density at radius 2 is 1.07 bits per heavy atom. The summed E-state index contributed by atoms with van der Waals surface area (Å²) < 4.78 is 65.1. The number of nitrogens with zero attached hydrogens (tertiary/aromatic N) is 6. The molecule has 15 rings (SSSR count). The van der Waals surface area contributed by atoms with Gasteiger partial charge in [-0.2, -0.15) is 10.5 Å². The fraction of sp³-hybridized carbons (Fsp3) is 0.515. The van der Waals surface area contributed by atoms with Crippen molar-refractivity contribution in [1.29, 1.82) is 10.5 Å². The number of likely N-dealkylation sites (N-methyl/N-ethyl adjacent to an activating group) is 2. The molecule has 0 radical (unpaired) electrons. The second kappa shape index (κ2) is 25.0. The van der Waals surface area contributed by atoms with Crippen LogP contribution in [0.25, 0.3) is 0 Å². The number of methoxy groups -OCH3 is 2. The highest BCUT2D eigenvalue weighted by Crippen LogP contribution is 2.66. The van der Waals surface area contributed by atoms with Crippen LogP contribution in [0.1, 0.15) is 126 Å². The summed E-state index contributed by atoms with van der Waals surface area (Å²) in [7, 11) is 7.51. The van der Waals surface area contributed by atoms with Gasteiger partial charge in [0.05, 0.1) is 61.0 Å². The molecule has 3 N–H and O–H groups in total. The van der Waals surface area contributed by atoms with Crippen LogP contribution in [0.5, 0.6) is 46.0 Å². The molecule has 496 valence electrons. The lowest BCUT2D eigenvalue weighted by atomic mass is 9.70. The standard InChI is InChI=1S/C36H40N4O9S.C32H36N4O7S/c1-8-9-45-36(43)38-21-14-50-34-27-26(33-32(47-15-48-33)18(4)31(27)49-19(5)41)24(13-46-35(21)42)40-23(12-37)22-11-20-10-16(2)30(44-7)17(3)25(20)28(29(34)40)39(22)6;1-13-7-17-8-19-20(9-33)36-21-10-40-32(38)18(34)11-44-31(26(36)25(35(19)5)22(17)14(2)27(13)39-6)24-23(21)30-29(41-12-42-30)15(3)28(24)43-16(4)37/h8,10,21-24,28-29,34H,1,9,11,13-15H2,2-7H3,(H,38,43);7,18-21,25-26,31H,8,10-12,34H2,1-6H3/t21?,22-,23-,24-,28+,29?,34+;18?,19-,20-,21-,25+,26?,31+/m00/s1. The minimum atomic E-state index is -1.05. The molecule has 26 heteroatoms. The van der Waals surface area contributed by atoms with Crippen molar-refractivity contribution in [2.75, 3.05) is 73.2 Å². The molecular weight excluding hydrogens is 1250 g/mol. The predicted molar refractivity (Wildman–Crippen MR) is 342 cm³/mol. The zero-order valence-electron chi connectivity index (χ0n) is 54.5.